The first-order valence-corrected chi connectivity index (χ1v) is 6.56. The van der Waals surface area contributed by atoms with Crippen LogP contribution < -0.4 is 0 Å². The highest BCUT2D eigenvalue weighted by atomic mass is 15.2. The zero-order valence-corrected chi connectivity index (χ0v) is 11.6. The minimum Gasteiger partial charge on any atom is -0.352 e. The van der Waals surface area contributed by atoms with E-state index in [0.717, 1.165) is 18.9 Å². The van der Waals surface area contributed by atoms with Crippen LogP contribution in [0.3, 0.4) is 0 Å². The van der Waals surface area contributed by atoms with Crippen molar-refractivity contribution in [2.75, 3.05) is 7.05 Å². The van der Waals surface area contributed by atoms with E-state index in [1.165, 1.54) is 11.1 Å². The Bertz CT molecular complexity index is 476. The Balaban J connectivity index is 2.13. The molecule has 0 aliphatic heterocycles. The molecule has 0 spiro atoms. The van der Waals surface area contributed by atoms with Crippen LogP contribution in [0.4, 0.5) is 0 Å². The van der Waals surface area contributed by atoms with Gasteiger partial charge in [-0.25, -0.2) is 0 Å². The summed E-state index contributed by atoms with van der Waals surface area (Å²) in [5.41, 5.74) is 2.61. The second-order valence-electron chi connectivity index (χ2n) is 4.60. The predicted molar refractivity (Wildman–Crippen MR) is 81.2 cm³/mol. The van der Waals surface area contributed by atoms with Crippen molar-refractivity contribution in [3.63, 3.8) is 0 Å². The third-order valence-electron chi connectivity index (χ3n) is 3.21. The van der Waals surface area contributed by atoms with Crippen LogP contribution in [0.5, 0.6) is 0 Å². The van der Waals surface area contributed by atoms with E-state index in [1.807, 2.05) is 19.2 Å². The number of rotatable bonds is 4. The summed E-state index contributed by atoms with van der Waals surface area (Å²) in [6.45, 7) is 3.84. The van der Waals surface area contributed by atoms with Crippen molar-refractivity contribution in [1.82, 2.24) is 4.90 Å². The third-order valence-corrected chi connectivity index (χ3v) is 3.21. The topological polar surface area (TPSA) is 15.6 Å². The van der Waals surface area contributed by atoms with Crippen molar-refractivity contribution >= 4 is 5.84 Å². The highest BCUT2D eigenvalue weighted by Crippen LogP contribution is 2.10. The maximum Gasteiger partial charge on any atom is 0.0960 e. The Morgan fingerprint density at radius 2 is 1.26 bits per heavy atom. The number of benzene rings is 2. The van der Waals surface area contributed by atoms with Crippen molar-refractivity contribution < 1.29 is 0 Å². The summed E-state index contributed by atoms with van der Waals surface area (Å²) < 4.78 is 0. The summed E-state index contributed by atoms with van der Waals surface area (Å²) in [5.74, 6) is 1.06. The van der Waals surface area contributed by atoms with Crippen LogP contribution in [0.15, 0.2) is 65.7 Å². The molecule has 0 N–H and O–H groups in total. The fraction of sp³-hybridized carbons (Fsp3) is 0.235. The largest absolute Gasteiger partial charge is 0.352 e. The Kier molecular flexibility index (Phi) is 4.73. The molecule has 0 radical (unpaired) electrons. The van der Waals surface area contributed by atoms with E-state index in [1.54, 1.807) is 0 Å². The van der Waals surface area contributed by atoms with Crippen LogP contribution in [-0.2, 0) is 13.1 Å². The molecule has 2 aromatic rings. The van der Waals surface area contributed by atoms with Crippen molar-refractivity contribution in [3.05, 3.63) is 71.8 Å². The van der Waals surface area contributed by atoms with Gasteiger partial charge in [0.05, 0.1) is 5.84 Å². The van der Waals surface area contributed by atoms with Gasteiger partial charge in [0.2, 0.25) is 0 Å². The van der Waals surface area contributed by atoms with Gasteiger partial charge in [-0.05, 0) is 18.1 Å². The Hall–Kier alpha value is -2.09. The minimum atomic E-state index is 0.888. The number of hydrogen-bond acceptors (Lipinski definition) is 1. The van der Waals surface area contributed by atoms with Gasteiger partial charge in [-0.1, -0.05) is 60.7 Å². The zero-order chi connectivity index (χ0) is 13.5. The van der Waals surface area contributed by atoms with E-state index in [9.17, 15) is 0 Å². The minimum absolute atomic E-state index is 0.888. The molecular formula is C17H20N2. The number of nitrogens with zero attached hydrogens (tertiary/aromatic N) is 2. The SMILES string of the molecule is CN=C(C)N(Cc1ccccc1)Cc1ccccc1. The first-order valence-electron chi connectivity index (χ1n) is 6.56. The summed E-state index contributed by atoms with van der Waals surface area (Å²) in [5, 5.41) is 0. The molecule has 0 heterocycles. The first kappa shape index (κ1) is 13.3. The van der Waals surface area contributed by atoms with Crippen molar-refractivity contribution in [3.8, 4) is 0 Å². The van der Waals surface area contributed by atoms with Gasteiger partial charge in [-0.2, -0.15) is 0 Å². The second-order valence-corrected chi connectivity index (χ2v) is 4.60. The summed E-state index contributed by atoms with van der Waals surface area (Å²) >= 11 is 0. The molecule has 0 aliphatic rings. The number of amidine groups is 1. The third kappa shape index (κ3) is 3.95. The molecule has 0 aliphatic carbocycles. The van der Waals surface area contributed by atoms with Crippen molar-refractivity contribution in [1.29, 1.82) is 0 Å². The van der Waals surface area contributed by atoms with E-state index in [0.29, 0.717) is 0 Å². The van der Waals surface area contributed by atoms with Gasteiger partial charge < -0.3 is 4.90 Å². The maximum absolute atomic E-state index is 4.32. The second kappa shape index (κ2) is 6.74. The highest BCUT2D eigenvalue weighted by Gasteiger charge is 2.08. The monoisotopic (exact) mass is 252 g/mol. The number of hydrogen-bond donors (Lipinski definition) is 0. The molecule has 2 rings (SSSR count). The molecule has 0 unspecified atom stereocenters. The van der Waals surface area contributed by atoms with Gasteiger partial charge in [0.1, 0.15) is 0 Å². The Morgan fingerprint density at radius 3 is 1.63 bits per heavy atom. The highest BCUT2D eigenvalue weighted by molar-refractivity contribution is 5.79. The normalized spacial score (nSPS) is 11.4. The molecule has 0 aromatic heterocycles. The Morgan fingerprint density at radius 1 is 0.842 bits per heavy atom. The van der Waals surface area contributed by atoms with Crippen molar-refractivity contribution in [2.24, 2.45) is 4.99 Å². The van der Waals surface area contributed by atoms with Crippen LogP contribution in [0.1, 0.15) is 18.1 Å². The summed E-state index contributed by atoms with van der Waals surface area (Å²) in [7, 11) is 1.85. The maximum atomic E-state index is 4.32. The fourth-order valence-corrected chi connectivity index (χ4v) is 2.03. The molecule has 19 heavy (non-hydrogen) atoms. The lowest BCUT2D eigenvalue weighted by molar-refractivity contribution is 0.403. The van der Waals surface area contributed by atoms with Crippen molar-refractivity contribution in [2.45, 2.75) is 20.0 Å². The van der Waals surface area contributed by atoms with E-state index in [2.05, 4.69) is 65.3 Å². The predicted octanol–water partition coefficient (Wildman–Crippen LogP) is 3.74. The molecule has 2 aromatic carbocycles. The molecule has 0 bridgehead atoms. The molecule has 2 heteroatoms. The zero-order valence-electron chi connectivity index (χ0n) is 11.6. The number of aliphatic imine (C=N–C) groups is 1. The lowest BCUT2D eigenvalue weighted by Gasteiger charge is -2.24. The van der Waals surface area contributed by atoms with Gasteiger partial charge in [-0.15, -0.1) is 0 Å². The van der Waals surface area contributed by atoms with Gasteiger partial charge in [0.25, 0.3) is 0 Å². The van der Waals surface area contributed by atoms with Crippen LogP contribution in [0.25, 0.3) is 0 Å². The molecule has 0 atom stereocenters. The molecule has 0 amide bonds. The average Bonchev–Trinajstić information content (AvgIpc) is 2.48. The molecule has 0 fully saturated rings. The summed E-state index contributed by atoms with van der Waals surface area (Å²) in [6, 6.07) is 21.0. The van der Waals surface area contributed by atoms with Gasteiger partial charge in [0.15, 0.2) is 0 Å². The smallest absolute Gasteiger partial charge is 0.0960 e. The van der Waals surface area contributed by atoms with Gasteiger partial charge in [0, 0.05) is 20.1 Å². The lowest BCUT2D eigenvalue weighted by atomic mass is 10.1. The Labute approximate surface area is 115 Å². The van der Waals surface area contributed by atoms with Crippen LogP contribution >= 0.6 is 0 Å². The fourth-order valence-electron chi connectivity index (χ4n) is 2.03. The standard InChI is InChI=1S/C17H20N2/c1-15(18-2)19(13-16-9-5-3-6-10-16)14-17-11-7-4-8-12-17/h3-12H,13-14H2,1-2H3. The molecule has 0 saturated carbocycles. The van der Waals surface area contributed by atoms with E-state index >= 15 is 0 Å². The van der Waals surface area contributed by atoms with Gasteiger partial charge in [-0.3, -0.25) is 4.99 Å². The van der Waals surface area contributed by atoms with Gasteiger partial charge >= 0.3 is 0 Å². The van der Waals surface area contributed by atoms with Crippen LogP contribution in [-0.4, -0.2) is 17.8 Å². The van der Waals surface area contributed by atoms with E-state index in [-0.39, 0.29) is 0 Å². The molecular weight excluding hydrogens is 232 g/mol. The lowest BCUT2D eigenvalue weighted by Crippen LogP contribution is -2.27. The molecule has 0 saturated heterocycles. The summed E-state index contributed by atoms with van der Waals surface area (Å²) in [4.78, 5) is 6.62. The quantitative estimate of drug-likeness (QED) is 0.598. The molecule has 98 valence electrons. The first-order chi connectivity index (χ1) is 9.29. The molecule has 2 nitrogen and oxygen atoms in total. The van der Waals surface area contributed by atoms with Crippen LogP contribution in [0.2, 0.25) is 0 Å². The average molecular weight is 252 g/mol. The van der Waals surface area contributed by atoms with Crippen LogP contribution in [0, 0.1) is 0 Å². The van der Waals surface area contributed by atoms with E-state index < -0.39 is 0 Å². The summed E-state index contributed by atoms with van der Waals surface area (Å²) in [6.07, 6.45) is 0. The van der Waals surface area contributed by atoms with E-state index in [4.69, 9.17) is 0 Å².